The number of benzene rings is 1. The van der Waals surface area contributed by atoms with Gasteiger partial charge in [0, 0.05) is 12.6 Å². The van der Waals surface area contributed by atoms with Crippen molar-refractivity contribution in [3.05, 3.63) is 33.9 Å². The van der Waals surface area contributed by atoms with Gasteiger partial charge in [-0.2, -0.15) is 0 Å². The van der Waals surface area contributed by atoms with Crippen LogP contribution in [0.4, 0.5) is 11.4 Å². The van der Waals surface area contributed by atoms with E-state index < -0.39 is 10.8 Å². The lowest BCUT2D eigenvalue weighted by Gasteiger charge is -2.35. The summed E-state index contributed by atoms with van der Waals surface area (Å²) < 4.78 is 5.40. The Labute approximate surface area is 116 Å². The van der Waals surface area contributed by atoms with Crippen LogP contribution in [0.2, 0.25) is 0 Å². The van der Waals surface area contributed by atoms with E-state index >= 15 is 0 Å². The third kappa shape index (κ3) is 2.88. The molecule has 0 saturated heterocycles. The summed E-state index contributed by atoms with van der Waals surface area (Å²) in [4.78, 5) is 22.4. The number of rotatable bonds is 5. The molecule has 7 nitrogen and oxygen atoms in total. The number of ether oxygens (including phenoxy) is 1. The van der Waals surface area contributed by atoms with Gasteiger partial charge in [-0.15, -0.1) is 0 Å². The van der Waals surface area contributed by atoms with Crippen molar-refractivity contribution in [3.63, 3.8) is 0 Å². The number of amides is 1. The van der Waals surface area contributed by atoms with Crippen LogP contribution < -0.4 is 11.1 Å². The highest BCUT2D eigenvalue weighted by Crippen LogP contribution is 2.28. The second-order valence-corrected chi connectivity index (χ2v) is 4.72. The first-order valence-corrected chi connectivity index (χ1v) is 6.48. The summed E-state index contributed by atoms with van der Waals surface area (Å²) in [7, 11) is 0. The molecular weight excluding hydrogens is 262 g/mol. The SMILES string of the molecule is CCOC1CC(NC(=O)c2cccc(N)c2[N+](=O)[O-])C1. The van der Waals surface area contributed by atoms with Gasteiger partial charge in [-0.05, 0) is 31.9 Å². The van der Waals surface area contributed by atoms with E-state index in [2.05, 4.69) is 5.32 Å². The van der Waals surface area contributed by atoms with E-state index in [1.807, 2.05) is 6.92 Å². The summed E-state index contributed by atoms with van der Waals surface area (Å²) in [6.07, 6.45) is 1.63. The van der Waals surface area contributed by atoms with E-state index in [1.165, 1.54) is 18.2 Å². The third-order valence-electron chi connectivity index (χ3n) is 3.33. The van der Waals surface area contributed by atoms with Gasteiger partial charge in [0.15, 0.2) is 0 Å². The fourth-order valence-electron chi connectivity index (χ4n) is 2.27. The van der Waals surface area contributed by atoms with Crippen LogP contribution in [0.5, 0.6) is 0 Å². The minimum absolute atomic E-state index is 0.0000784. The van der Waals surface area contributed by atoms with Gasteiger partial charge < -0.3 is 15.8 Å². The van der Waals surface area contributed by atoms with Crippen molar-refractivity contribution in [2.24, 2.45) is 0 Å². The van der Waals surface area contributed by atoms with Gasteiger partial charge in [0.2, 0.25) is 0 Å². The average Bonchev–Trinajstić information content (AvgIpc) is 2.35. The fraction of sp³-hybridized carbons (Fsp3) is 0.462. The summed E-state index contributed by atoms with van der Waals surface area (Å²) in [5, 5.41) is 13.7. The maximum Gasteiger partial charge on any atom is 0.304 e. The van der Waals surface area contributed by atoms with Crippen molar-refractivity contribution < 1.29 is 14.5 Å². The van der Waals surface area contributed by atoms with Crippen LogP contribution in [-0.4, -0.2) is 29.6 Å². The molecule has 0 spiro atoms. The van der Waals surface area contributed by atoms with Gasteiger partial charge in [0.25, 0.3) is 5.91 Å². The number of hydrogen-bond acceptors (Lipinski definition) is 5. The van der Waals surface area contributed by atoms with E-state index in [9.17, 15) is 14.9 Å². The molecule has 1 aliphatic rings. The van der Waals surface area contributed by atoms with E-state index in [0.29, 0.717) is 6.61 Å². The van der Waals surface area contributed by atoms with Crippen molar-refractivity contribution in [2.45, 2.75) is 31.9 Å². The van der Waals surface area contributed by atoms with Crippen molar-refractivity contribution in [1.82, 2.24) is 5.32 Å². The summed E-state index contributed by atoms with van der Waals surface area (Å²) in [6, 6.07) is 4.34. The van der Waals surface area contributed by atoms with Gasteiger partial charge >= 0.3 is 5.69 Å². The molecule has 3 N–H and O–H groups in total. The lowest BCUT2D eigenvalue weighted by molar-refractivity contribution is -0.384. The van der Waals surface area contributed by atoms with Gasteiger partial charge in [0.05, 0.1) is 11.0 Å². The zero-order valence-corrected chi connectivity index (χ0v) is 11.2. The normalized spacial score (nSPS) is 21.1. The molecule has 108 valence electrons. The van der Waals surface area contributed by atoms with Gasteiger partial charge in [0.1, 0.15) is 11.3 Å². The van der Waals surface area contributed by atoms with E-state index in [4.69, 9.17) is 10.5 Å². The van der Waals surface area contributed by atoms with Crippen molar-refractivity contribution >= 4 is 17.3 Å². The molecule has 0 aromatic heterocycles. The molecule has 0 unspecified atom stereocenters. The highest BCUT2D eigenvalue weighted by Gasteiger charge is 2.32. The minimum atomic E-state index is -0.631. The summed E-state index contributed by atoms with van der Waals surface area (Å²) in [6.45, 7) is 2.56. The molecule has 1 saturated carbocycles. The maximum absolute atomic E-state index is 12.1. The maximum atomic E-state index is 12.1. The first kappa shape index (κ1) is 14.3. The summed E-state index contributed by atoms with van der Waals surface area (Å²) in [5.74, 6) is -0.469. The molecule has 0 radical (unpaired) electrons. The lowest BCUT2D eigenvalue weighted by atomic mass is 9.89. The Morgan fingerprint density at radius 1 is 1.55 bits per heavy atom. The highest BCUT2D eigenvalue weighted by molar-refractivity contribution is 6.00. The average molecular weight is 279 g/mol. The summed E-state index contributed by atoms with van der Waals surface area (Å²) in [5.41, 5.74) is 5.20. The number of nitrogens with two attached hydrogens (primary N) is 1. The third-order valence-corrected chi connectivity index (χ3v) is 3.33. The molecule has 0 aliphatic heterocycles. The number of hydrogen-bond donors (Lipinski definition) is 2. The van der Waals surface area contributed by atoms with Gasteiger partial charge in [-0.25, -0.2) is 0 Å². The Kier molecular flexibility index (Phi) is 4.19. The Balaban J connectivity index is 2.04. The van der Waals surface area contributed by atoms with Crippen LogP contribution in [0.15, 0.2) is 18.2 Å². The summed E-state index contributed by atoms with van der Waals surface area (Å²) >= 11 is 0. The number of anilines is 1. The molecule has 1 fully saturated rings. The topological polar surface area (TPSA) is 107 Å². The number of carbonyl (C=O) groups is 1. The van der Waals surface area contributed by atoms with E-state index in [1.54, 1.807) is 0 Å². The number of para-hydroxylation sites is 1. The Hall–Kier alpha value is -2.15. The van der Waals surface area contributed by atoms with Crippen LogP contribution >= 0.6 is 0 Å². The number of nitrogen functional groups attached to an aromatic ring is 1. The number of nitro benzene ring substituents is 1. The fourth-order valence-corrected chi connectivity index (χ4v) is 2.27. The zero-order chi connectivity index (χ0) is 14.7. The highest BCUT2D eigenvalue weighted by atomic mass is 16.6. The standard InChI is InChI=1S/C13H17N3O4/c1-2-20-9-6-8(7-9)15-13(17)10-4-3-5-11(14)12(10)16(18)19/h3-5,8-9H,2,6-7,14H2,1H3,(H,15,17). The molecule has 2 rings (SSSR count). The molecule has 7 heteroatoms. The van der Waals surface area contributed by atoms with Crippen molar-refractivity contribution in [3.8, 4) is 0 Å². The minimum Gasteiger partial charge on any atom is -0.393 e. The molecule has 0 atom stereocenters. The molecule has 1 amide bonds. The predicted molar refractivity (Wildman–Crippen MR) is 73.4 cm³/mol. The molecule has 1 aliphatic carbocycles. The van der Waals surface area contributed by atoms with E-state index in [0.717, 1.165) is 12.8 Å². The molecule has 1 aromatic rings. The van der Waals surface area contributed by atoms with E-state index in [-0.39, 0.29) is 29.1 Å². The van der Waals surface area contributed by atoms with Crippen LogP contribution in [0.3, 0.4) is 0 Å². The second kappa shape index (κ2) is 5.87. The predicted octanol–water partition coefficient (Wildman–Crippen LogP) is 1.47. The number of nitrogens with zero attached hydrogens (tertiary/aromatic N) is 1. The van der Waals surface area contributed by atoms with Gasteiger partial charge in [-0.1, -0.05) is 6.07 Å². The van der Waals surface area contributed by atoms with Crippen LogP contribution in [0.25, 0.3) is 0 Å². The first-order chi connectivity index (χ1) is 9.52. The number of carbonyl (C=O) groups excluding carboxylic acids is 1. The molecule has 1 aromatic carbocycles. The zero-order valence-electron chi connectivity index (χ0n) is 11.2. The van der Waals surface area contributed by atoms with Crippen LogP contribution in [-0.2, 0) is 4.74 Å². The lowest BCUT2D eigenvalue weighted by Crippen LogP contribution is -2.47. The number of nitrogens with one attached hydrogen (secondary N) is 1. The Morgan fingerprint density at radius 3 is 2.85 bits per heavy atom. The van der Waals surface area contributed by atoms with Crippen LogP contribution in [0.1, 0.15) is 30.1 Å². The van der Waals surface area contributed by atoms with Crippen molar-refractivity contribution in [1.29, 1.82) is 0 Å². The number of nitro groups is 1. The molecular formula is C13H17N3O4. The Bertz CT molecular complexity index is 526. The quantitative estimate of drug-likeness (QED) is 0.482. The molecule has 20 heavy (non-hydrogen) atoms. The molecule has 0 heterocycles. The monoisotopic (exact) mass is 279 g/mol. The van der Waals surface area contributed by atoms with Crippen LogP contribution in [0, 0.1) is 10.1 Å². The second-order valence-electron chi connectivity index (χ2n) is 4.72. The molecule has 0 bridgehead atoms. The first-order valence-electron chi connectivity index (χ1n) is 6.48. The van der Waals surface area contributed by atoms with Crippen molar-refractivity contribution in [2.75, 3.05) is 12.3 Å². The Morgan fingerprint density at radius 2 is 2.25 bits per heavy atom. The smallest absolute Gasteiger partial charge is 0.304 e. The largest absolute Gasteiger partial charge is 0.393 e. The van der Waals surface area contributed by atoms with Gasteiger partial charge in [-0.3, -0.25) is 14.9 Å².